The third kappa shape index (κ3) is 4.35. The minimum absolute atomic E-state index is 0.147. The van der Waals surface area contributed by atoms with Gasteiger partial charge in [-0.05, 0) is 54.8 Å². The van der Waals surface area contributed by atoms with Gasteiger partial charge in [0, 0.05) is 64.6 Å². The summed E-state index contributed by atoms with van der Waals surface area (Å²) in [4.78, 5) is 18.9. The Morgan fingerprint density at radius 3 is 2.67 bits per heavy atom. The molecule has 5 nitrogen and oxygen atoms in total. The number of rotatable bonds is 9. The number of fused-ring (bicyclic) bond motifs is 1. The molecule has 1 atom stereocenters. The van der Waals surface area contributed by atoms with Gasteiger partial charge < -0.3 is 20.4 Å². The standard InChI is InChI=1S/C25H26N4O/c1-2-18(17-30)23-16-26-13-12-25(23)29-21-9-7-20(8-10-21)27-14-11-19-15-28-24-6-4-3-5-22(19)24/h3-10,12-13,15-18,27-28H,2,11,14H2,1H3,(H,26,29). The van der Waals surface area contributed by atoms with Crippen LogP contribution >= 0.6 is 0 Å². The summed E-state index contributed by atoms with van der Waals surface area (Å²) in [6, 6.07) is 18.5. The van der Waals surface area contributed by atoms with Gasteiger partial charge in [0.25, 0.3) is 0 Å². The summed E-state index contributed by atoms with van der Waals surface area (Å²) in [7, 11) is 0. The van der Waals surface area contributed by atoms with E-state index in [-0.39, 0.29) is 5.92 Å². The number of nitrogens with zero attached hydrogens (tertiary/aromatic N) is 1. The average molecular weight is 399 g/mol. The molecule has 2 heterocycles. The maximum atomic E-state index is 11.4. The summed E-state index contributed by atoms with van der Waals surface area (Å²) < 4.78 is 0. The highest BCUT2D eigenvalue weighted by Crippen LogP contribution is 2.28. The number of hydrogen-bond acceptors (Lipinski definition) is 4. The van der Waals surface area contributed by atoms with E-state index in [1.807, 2.05) is 31.2 Å². The SMILES string of the molecule is CCC(C=O)c1cnccc1Nc1ccc(NCCc2c[nH]c3ccccc23)cc1. The van der Waals surface area contributed by atoms with Crippen molar-refractivity contribution in [3.8, 4) is 0 Å². The van der Waals surface area contributed by atoms with Gasteiger partial charge in [-0.3, -0.25) is 4.98 Å². The zero-order valence-corrected chi connectivity index (χ0v) is 17.1. The number of aromatic nitrogens is 2. The van der Waals surface area contributed by atoms with Crippen LogP contribution in [0.2, 0.25) is 0 Å². The number of carbonyl (C=O) groups excluding carboxylic acids is 1. The van der Waals surface area contributed by atoms with Gasteiger partial charge in [-0.2, -0.15) is 0 Å². The Bertz CT molecular complexity index is 1120. The zero-order valence-electron chi connectivity index (χ0n) is 17.1. The molecule has 4 aromatic rings. The number of nitrogens with one attached hydrogen (secondary N) is 3. The minimum atomic E-state index is -0.147. The Morgan fingerprint density at radius 1 is 1.07 bits per heavy atom. The van der Waals surface area contributed by atoms with Crippen LogP contribution in [0.15, 0.2) is 73.2 Å². The summed E-state index contributed by atoms with van der Waals surface area (Å²) in [6.07, 6.45) is 8.30. The molecule has 30 heavy (non-hydrogen) atoms. The number of aldehydes is 1. The molecule has 3 N–H and O–H groups in total. The number of para-hydroxylation sites is 1. The maximum absolute atomic E-state index is 11.4. The lowest BCUT2D eigenvalue weighted by Crippen LogP contribution is -2.05. The van der Waals surface area contributed by atoms with Crippen molar-refractivity contribution in [1.29, 1.82) is 0 Å². The molecule has 0 aliphatic carbocycles. The molecule has 0 radical (unpaired) electrons. The molecule has 0 amide bonds. The van der Waals surface area contributed by atoms with Crippen LogP contribution in [-0.2, 0) is 11.2 Å². The number of anilines is 3. The second-order valence-electron chi connectivity index (χ2n) is 7.35. The molecule has 152 valence electrons. The van der Waals surface area contributed by atoms with Crippen LogP contribution in [0, 0.1) is 0 Å². The van der Waals surface area contributed by atoms with E-state index in [0.29, 0.717) is 0 Å². The molecule has 0 saturated heterocycles. The summed E-state index contributed by atoms with van der Waals surface area (Å²) in [5.41, 5.74) is 6.40. The Kier molecular flexibility index (Phi) is 6.09. The van der Waals surface area contributed by atoms with E-state index in [4.69, 9.17) is 0 Å². The molecule has 4 rings (SSSR count). The molecule has 0 bridgehead atoms. The van der Waals surface area contributed by atoms with Gasteiger partial charge in [-0.15, -0.1) is 0 Å². The monoisotopic (exact) mass is 398 g/mol. The average Bonchev–Trinajstić information content (AvgIpc) is 3.20. The molecule has 0 saturated carbocycles. The molecule has 2 aromatic carbocycles. The van der Waals surface area contributed by atoms with Crippen molar-refractivity contribution in [2.45, 2.75) is 25.7 Å². The zero-order chi connectivity index (χ0) is 20.8. The lowest BCUT2D eigenvalue weighted by molar-refractivity contribution is -0.109. The lowest BCUT2D eigenvalue weighted by Gasteiger charge is -2.15. The minimum Gasteiger partial charge on any atom is -0.385 e. The predicted molar refractivity (Wildman–Crippen MR) is 124 cm³/mol. The molecule has 1 unspecified atom stereocenters. The Labute approximate surface area is 176 Å². The number of carbonyl (C=O) groups is 1. The van der Waals surface area contributed by atoms with Crippen LogP contribution in [0.5, 0.6) is 0 Å². The summed E-state index contributed by atoms with van der Waals surface area (Å²) in [6.45, 7) is 2.87. The molecule has 0 aliphatic heterocycles. The highest BCUT2D eigenvalue weighted by Gasteiger charge is 2.13. The molecule has 2 aromatic heterocycles. The first kappa shape index (κ1) is 19.7. The highest BCUT2D eigenvalue weighted by atomic mass is 16.1. The topological polar surface area (TPSA) is 69.8 Å². The number of benzene rings is 2. The summed E-state index contributed by atoms with van der Waals surface area (Å²) in [5.74, 6) is -0.147. The first-order valence-electron chi connectivity index (χ1n) is 10.3. The van der Waals surface area contributed by atoms with Crippen LogP contribution in [0.1, 0.15) is 30.4 Å². The molecule has 0 aliphatic rings. The third-order valence-corrected chi connectivity index (χ3v) is 5.42. The van der Waals surface area contributed by atoms with Crippen molar-refractivity contribution in [1.82, 2.24) is 9.97 Å². The van der Waals surface area contributed by atoms with E-state index in [9.17, 15) is 4.79 Å². The summed E-state index contributed by atoms with van der Waals surface area (Å²) in [5, 5.41) is 8.19. The number of aromatic amines is 1. The number of H-pyrrole nitrogens is 1. The Balaban J connectivity index is 1.37. The molecular weight excluding hydrogens is 372 g/mol. The first-order chi connectivity index (χ1) is 14.8. The normalized spacial score (nSPS) is 11.9. The van der Waals surface area contributed by atoms with Crippen molar-refractivity contribution in [3.05, 3.63) is 84.3 Å². The highest BCUT2D eigenvalue weighted by molar-refractivity contribution is 5.83. The lowest BCUT2D eigenvalue weighted by atomic mass is 9.98. The first-order valence-corrected chi connectivity index (χ1v) is 10.3. The van der Waals surface area contributed by atoms with Gasteiger partial charge in [0.15, 0.2) is 0 Å². The van der Waals surface area contributed by atoms with Gasteiger partial charge in [0.05, 0.1) is 0 Å². The Morgan fingerprint density at radius 2 is 1.87 bits per heavy atom. The Hall–Kier alpha value is -3.60. The van der Waals surface area contributed by atoms with Gasteiger partial charge in [0.1, 0.15) is 6.29 Å². The van der Waals surface area contributed by atoms with E-state index in [0.717, 1.165) is 48.3 Å². The molecule has 0 fully saturated rings. The fourth-order valence-corrected chi connectivity index (χ4v) is 3.71. The van der Waals surface area contributed by atoms with Gasteiger partial charge in [-0.25, -0.2) is 0 Å². The van der Waals surface area contributed by atoms with Crippen molar-refractivity contribution < 1.29 is 4.79 Å². The van der Waals surface area contributed by atoms with Crippen molar-refractivity contribution in [2.24, 2.45) is 0 Å². The number of hydrogen-bond donors (Lipinski definition) is 3. The van der Waals surface area contributed by atoms with Crippen molar-refractivity contribution in [2.75, 3.05) is 17.2 Å². The van der Waals surface area contributed by atoms with Crippen LogP contribution in [0.3, 0.4) is 0 Å². The third-order valence-electron chi connectivity index (χ3n) is 5.42. The van der Waals surface area contributed by atoms with E-state index in [2.05, 4.69) is 57.1 Å². The van der Waals surface area contributed by atoms with Gasteiger partial charge >= 0.3 is 0 Å². The van der Waals surface area contributed by atoms with Crippen molar-refractivity contribution in [3.63, 3.8) is 0 Å². The largest absolute Gasteiger partial charge is 0.385 e. The quantitative estimate of drug-likeness (QED) is 0.319. The van der Waals surface area contributed by atoms with Gasteiger partial charge in [-0.1, -0.05) is 25.1 Å². The van der Waals surface area contributed by atoms with Crippen LogP contribution in [-0.4, -0.2) is 22.8 Å². The number of pyridine rings is 1. The molecule has 5 heteroatoms. The second-order valence-corrected chi connectivity index (χ2v) is 7.35. The van der Waals surface area contributed by atoms with Crippen LogP contribution in [0.25, 0.3) is 10.9 Å². The van der Waals surface area contributed by atoms with Gasteiger partial charge in [0.2, 0.25) is 0 Å². The van der Waals surface area contributed by atoms with Crippen molar-refractivity contribution >= 4 is 34.3 Å². The van der Waals surface area contributed by atoms with E-state index < -0.39 is 0 Å². The smallest absolute Gasteiger partial charge is 0.127 e. The fourth-order valence-electron chi connectivity index (χ4n) is 3.71. The summed E-state index contributed by atoms with van der Waals surface area (Å²) >= 11 is 0. The van der Waals surface area contributed by atoms with Crippen LogP contribution in [0.4, 0.5) is 17.1 Å². The van der Waals surface area contributed by atoms with E-state index >= 15 is 0 Å². The molecule has 0 spiro atoms. The van der Waals surface area contributed by atoms with E-state index in [1.165, 1.54) is 16.5 Å². The fraction of sp³-hybridized carbons (Fsp3) is 0.200. The predicted octanol–water partition coefficient (Wildman–Crippen LogP) is 5.65. The maximum Gasteiger partial charge on any atom is 0.127 e. The van der Waals surface area contributed by atoms with E-state index in [1.54, 1.807) is 12.4 Å². The van der Waals surface area contributed by atoms with Crippen LogP contribution < -0.4 is 10.6 Å². The second kappa shape index (κ2) is 9.27. The molecular formula is C25H26N4O.